The zero-order chi connectivity index (χ0) is 14.0. The van der Waals surface area contributed by atoms with E-state index in [1.54, 1.807) is 19.9 Å². The highest BCUT2D eigenvalue weighted by Gasteiger charge is 2.21. The Morgan fingerprint density at radius 3 is 2.79 bits per heavy atom. The van der Waals surface area contributed by atoms with Crippen LogP contribution >= 0.6 is 27.3 Å². The van der Waals surface area contributed by atoms with Crippen molar-refractivity contribution in [2.45, 2.75) is 20.0 Å². The van der Waals surface area contributed by atoms with E-state index in [1.807, 2.05) is 0 Å². The molecule has 0 saturated carbocycles. The van der Waals surface area contributed by atoms with Gasteiger partial charge in [-0.05, 0) is 22.9 Å². The smallest absolute Gasteiger partial charge is 0.349 e. The Labute approximate surface area is 121 Å². The fourth-order valence-corrected chi connectivity index (χ4v) is 2.87. The van der Waals surface area contributed by atoms with Crippen LogP contribution in [-0.2, 0) is 4.74 Å². The molecule has 0 aromatic carbocycles. The molecular weight excluding hydrogens is 336 g/mol. The van der Waals surface area contributed by atoms with Crippen molar-refractivity contribution in [3.05, 3.63) is 26.5 Å². The Kier molecular flexibility index (Phi) is 4.20. The van der Waals surface area contributed by atoms with Gasteiger partial charge >= 0.3 is 5.97 Å². The highest BCUT2D eigenvalue weighted by molar-refractivity contribution is 9.11. The van der Waals surface area contributed by atoms with Gasteiger partial charge < -0.3 is 13.9 Å². The lowest BCUT2D eigenvalue weighted by molar-refractivity contribution is 0.0282. The van der Waals surface area contributed by atoms with Gasteiger partial charge in [-0.3, -0.25) is 0 Å². The summed E-state index contributed by atoms with van der Waals surface area (Å²) < 4.78 is 16.3. The average molecular weight is 347 g/mol. The van der Waals surface area contributed by atoms with Gasteiger partial charge in [0.2, 0.25) is 5.89 Å². The van der Waals surface area contributed by atoms with Crippen molar-refractivity contribution in [3.8, 4) is 5.75 Å². The summed E-state index contributed by atoms with van der Waals surface area (Å²) in [4.78, 5) is 12.4. The van der Waals surface area contributed by atoms with Gasteiger partial charge in [-0.2, -0.15) is 0 Å². The SMILES string of the molecule is COc1cc(C(=O)O[C@H](C)c2nnc(C)o2)sc1Br. The first-order valence-electron chi connectivity index (χ1n) is 5.35. The van der Waals surface area contributed by atoms with E-state index < -0.39 is 12.1 Å². The minimum absolute atomic E-state index is 0.272. The number of nitrogens with zero attached hydrogens (tertiary/aromatic N) is 2. The molecule has 2 rings (SSSR count). The molecule has 0 unspecified atom stereocenters. The van der Waals surface area contributed by atoms with E-state index in [2.05, 4.69) is 26.1 Å². The van der Waals surface area contributed by atoms with Gasteiger partial charge in [-0.25, -0.2) is 4.79 Å². The lowest BCUT2D eigenvalue weighted by atomic mass is 10.4. The first-order chi connectivity index (χ1) is 9.01. The molecular formula is C11H11BrN2O4S. The highest BCUT2D eigenvalue weighted by Crippen LogP contribution is 2.35. The van der Waals surface area contributed by atoms with Gasteiger partial charge in [0.15, 0.2) is 6.10 Å². The average Bonchev–Trinajstić information content (AvgIpc) is 2.95. The third-order valence-corrected chi connectivity index (χ3v) is 4.01. The maximum Gasteiger partial charge on any atom is 0.349 e. The Bertz CT molecular complexity index is 595. The number of ether oxygens (including phenoxy) is 2. The van der Waals surface area contributed by atoms with Gasteiger partial charge in [-0.1, -0.05) is 0 Å². The van der Waals surface area contributed by atoms with E-state index in [4.69, 9.17) is 13.9 Å². The molecule has 102 valence electrons. The number of aromatic nitrogens is 2. The van der Waals surface area contributed by atoms with Crippen LogP contribution in [0.1, 0.15) is 34.5 Å². The highest BCUT2D eigenvalue weighted by atomic mass is 79.9. The van der Waals surface area contributed by atoms with Crippen LogP contribution in [0.5, 0.6) is 5.75 Å². The molecule has 2 heterocycles. The largest absolute Gasteiger partial charge is 0.495 e. The number of esters is 1. The third kappa shape index (κ3) is 3.13. The van der Waals surface area contributed by atoms with E-state index in [0.717, 1.165) is 3.79 Å². The van der Waals surface area contributed by atoms with Crippen LogP contribution in [0, 0.1) is 6.92 Å². The van der Waals surface area contributed by atoms with Crippen LogP contribution in [0.15, 0.2) is 14.3 Å². The summed E-state index contributed by atoms with van der Waals surface area (Å²) in [5, 5.41) is 7.49. The van der Waals surface area contributed by atoms with Crippen LogP contribution < -0.4 is 4.74 Å². The number of hydrogen-bond acceptors (Lipinski definition) is 7. The second kappa shape index (κ2) is 5.70. The maximum absolute atomic E-state index is 11.9. The second-order valence-corrected chi connectivity index (χ2v) is 6.03. The number of carbonyl (C=O) groups excluding carboxylic acids is 1. The summed E-state index contributed by atoms with van der Waals surface area (Å²) >= 11 is 4.54. The van der Waals surface area contributed by atoms with Gasteiger partial charge in [0.05, 0.1) is 7.11 Å². The van der Waals surface area contributed by atoms with Gasteiger partial charge in [0.25, 0.3) is 5.89 Å². The molecule has 19 heavy (non-hydrogen) atoms. The minimum Gasteiger partial charge on any atom is -0.495 e. The quantitative estimate of drug-likeness (QED) is 0.791. The molecule has 2 aromatic heterocycles. The molecule has 0 aliphatic rings. The van der Waals surface area contributed by atoms with E-state index in [9.17, 15) is 4.79 Å². The van der Waals surface area contributed by atoms with Crippen LogP contribution in [0.4, 0.5) is 0 Å². The Hall–Kier alpha value is -1.41. The Morgan fingerprint density at radius 1 is 1.53 bits per heavy atom. The molecule has 0 radical (unpaired) electrons. The van der Waals surface area contributed by atoms with E-state index in [0.29, 0.717) is 16.5 Å². The molecule has 1 atom stereocenters. The first-order valence-corrected chi connectivity index (χ1v) is 6.96. The molecule has 0 N–H and O–H groups in total. The number of thiophene rings is 1. The zero-order valence-corrected chi connectivity index (χ0v) is 12.9. The summed E-state index contributed by atoms with van der Waals surface area (Å²) in [6.07, 6.45) is -0.597. The van der Waals surface area contributed by atoms with Crippen LogP contribution in [0.3, 0.4) is 0 Å². The summed E-state index contributed by atoms with van der Waals surface area (Å²) in [5.41, 5.74) is 0. The Morgan fingerprint density at radius 2 is 2.26 bits per heavy atom. The molecule has 0 bridgehead atoms. The van der Waals surface area contributed by atoms with Crippen molar-refractivity contribution >= 4 is 33.2 Å². The predicted molar refractivity (Wildman–Crippen MR) is 71.4 cm³/mol. The lowest BCUT2D eigenvalue weighted by Gasteiger charge is -2.07. The van der Waals surface area contributed by atoms with Crippen molar-refractivity contribution in [2.75, 3.05) is 7.11 Å². The van der Waals surface area contributed by atoms with Crippen molar-refractivity contribution in [3.63, 3.8) is 0 Å². The summed E-state index contributed by atoms with van der Waals surface area (Å²) in [5.74, 6) is 0.836. The maximum atomic E-state index is 11.9. The predicted octanol–water partition coefficient (Wildman–Crippen LogP) is 3.13. The summed E-state index contributed by atoms with van der Waals surface area (Å²) in [6, 6.07) is 1.61. The second-order valence-electron chi connectivity index (χ2n) is 3.66. The Balaban J connectivity index is 2.08. The fourth-order valence-electron chi connectivity index (χ4n) is 1.34. The zero-order valence-electron chi connectivity index (χ0n) is 10.5. The molecule has 2 aromatic rings. The molecule has 0 spiro atoms. The van der Waals surface area contributed by atoms with Crippen LogP contribution in [0.2, 0.25) is 0 Å². The van der Waals surface area contributed by atoms with E-state index in [1.165, 1.54) is 18.4 Å². The molecule has 0 fully saturated rings. The van der Waals surface area contributed by atoms with Crippen molar-refractivity contribution in [1.29, 1.82) is 0 Å². The number of methoxy groups -OCH3 is 1. The van der Waals surface area contributed by atoms with E-state index in [-0.39, 0.29) is 5.89 Å². The minimum atomic E-state index is -0.597. The van der Waals surface area contributed by atoms with E-state index >= 15 is 0 Å². The summed E-state index contributed by atoms with van der Waals surface area (Å²) in [7, 11) is 1.53. The molecule has 0 aliphatic carbocycles. The number of carbonyl (C=O) groups is 1. The standard InChI is InChI=1S/C11H11BrN2O4S/c1-5(10-14-13-6(2)18-10)17-11(15)8-4-7(16-3)9(12)19-8/h4-5H,1-3H3/t5-/m1/s1. The van der Waals surface area contributed by atoms with Crippen molar-refractivity contribution < 1.29 is 18.7 Å². The molecule has 6 nitrogen and oxygen atoms in total. The topological polar surface area (TPSA) is 74.5 Å². The number of aryl methyl sites for hydroxylation is 1. The molecule has 0 saturated heterocycles. The fraction of sp³-hybridized carbons (Fsp3) is 0.364. The number of rotatable bonds is 4. The molecule has 0 aliphatic heterocycles. The van der Waals surface area contributed by atoms with Gasteiger partial charge in [0.1, 0.15) is 14.4 Å². The van der Waals surface area contributed by atoms with Gasteiger partial charge in [0, 0.05) is 13.0 Å². The van der Waals surface area contributed by atoms with Crippen molar-refractivity contribution in [2.24, 2.45) is 0 Å². The third-order valence-electron chi connectivity index (χ3n) is 2.25. The number of halogens is 1. The normalized spacial score (nSPS) is 12.2. The summed E-state index contributed by atoms with van der Waals surface area (Å²) in [6.45, 7) is 3.34. The number of hydrogen-bond donors (Lipinski definition) is 0. The van der Waals surface area contributed by atoms with Crippen LogP contribution in [0.25, 0.3) is 0 Å². The lowest BCUT2D eigenvalue weighted by Crippen LogP contribution is -2.08. The molecule has 8 heteroatoms. The monoisotopic (exact) mass is 346 g/mol. The van der Waals surface area contributed by atoms with Crippen LogP contribution in [-0.4, -0.2) is 23.3 Å². The van der Waals surface area contributed by atoms with Crippen molar-refractivity contribution in [1.82, 2.24) is 10.2 Å². The van der Waals surface area contributed by atoms with Gasteiger partial charge in [-0.15, -0.1) is 21.5 Å². The molecule has 0 amide bonds. The first kappa shape index (κ1) is 14.0.